The molecule has 2 amide bonds. The van der Waals surface area contributed by atoms with Gasteiger partial charge in [-0.25, -0.2) is 19.4 Å². The molecule has 0 aliphatic carbocycles. The normalized spacial score (nSPS) is 18.1. The van der Waals surface area contributed by atoms with E-state index in [0.717, 1.165) is 51.3 Å². The van der Waals surface area contributed by atoms with E-state index in [1.54, 1.807) is 20.8 Å². The molecular weight excluding hydrogens is 769 g/mol. The second-order valence-electron chi connectivity index (χ2n) is 11.5. The van der Waals surface area contributed by atoms with Crippen molar-refractivity contribution in [1.29, 1.82) is 0 Å². The number of aromatic carboxylic acids is 1. The predicted octanol–water partition coefficient (Wildman–Crippen LogP) is 2.59. The summed E-state index contributed by atoms with van der Waals surface area (Å²) in [5, 5.41) is 36.3. The first-order valence-electron chi connectivity index (χ1n) is 14.5. The van der Waals surface area contributed by atoms with Gasteiger partial charge in [0.15, 0.2) is 16.4 Å². The van der Waals surface area contributed by atoms with Crippen molar-refractivity contribution in [2.75, 3.05) is 17.2 Å². The van der Waals surface area contributed by atoms with Crippen LogP contribution in [0.3, 0.4) is 0 Å². The number of carbonyl (C=O) groups excluding carboxylic acids is 3. The van der Waals surface area contributed by atoms with Gasteiger partial charge in [0.05, 0.1) is 4.21 Å². The number of rotatable bonds is 13. The van der Waals surface area contributed by atoms with E-state index in [2.05, 4.69) is 19.8 Å². The Bertz CT molecular complexity index is 2000. The zero-order valence-corrected chi connectivity index (χ0v) is 30.7. The number of aromatic hydroxyl groups is 1. The van der Waals surface area contributed by atoms with Crippen molar-refractivity contribution in [1.82, 2.24) is 19.6 Å². The van der Waals surface area contributed by atoms with Crippen molar-refractivity contribution in [3.05, 3.63) is 62.5 Å². The lowest BCUT2D eigenvalue weighted by Gasteiger charge is -2.49. The number of anilines is 1. The average molecular weight is 797 g/mol. The highest BCUT2D eigenvalue weighted by Crippen LogP contribution is 2.42. The van der Waals surface area contributed by atoms with Crippen LogP contribution in [0.2, 0.25) is 0 Å². The number of hydrogen-bond donors (Lipinski definition) is 6. The number of nitrogen functional groups attached to an aromatic ring is 1. The van der Waals surface area contributed by atoms with E-state index in [0.29, 0.717) is 10.5 Å². The number of aliphatic carboxylic acids is 1. The minimum Gasteiger partial charge on any atom is -0.508 e. The van der Waals surface area contributed by atoms with E-state index >= 15 is 0 Å². The molecule has 1 aromatic carbocycles. The smallest absolute Gasteiger partial charge is 0.361 e. The average Bonchev–Trinajstić information content (AvgIpc) is 3.66. The van der Waals surface area contributed by atoms with Crippen LogP contribution >= 0.6 is 58.2 Å². The van der Waals surface area contributed by atoms with E-state index in [1.165, 1.54) is 41.4 Å². The number of thiazole rings is 1. The highest BCUT2D eigenvalue weighted by Gasteiger charge is 2.54. The molecule has 4 heterocycles. The summed E-state index contributed by atoms with van der Waals surface area (Å²) >= 11 is 4.83. The van der Waals surface area contributed by atoms with Crippen molar-refractivity contribution >= 4 is 98.7 Å². The summed E-state index contributed by atoms with van der Waals surface area (Å²) in [7, 11) is 0. The summed E-state index contributed by atoms with van der Waals surface area (Å²) in [6.07, 6.45) is 0. The largest absolute Gasteiger partial charge is 0.508 e. The minimum absolute atomic E-state index is 0.00102. The SMILES string of the molecule is CC(C)(C)OC(=O)C(O/N=C(\C(=O)NC1C(=O)N2C(C(=O)O)=C(CSc3s[nH]c(=O)c3C(=O)O)CSC12)c1csc(N)n1)Sc1ccc(O)cc1. The van der Waals surface area contributed by atoms with Crippen molar-refractivity contribution in [2.45, 2.75) is 52.3 Å². The molecule has 7 N–H and O–H groups in total. The van der Waals surface area contributed by atoms with Crippen molar-refractivity contribution < 1.29 is 48.9 Å². The van der Waals surface area contributed by atoms with Gasteiger partial charge in [0.1, 0.15) is 34.2 Å². The Balaban J connectivity index is 1.36. The number of amides is 2. The Hall–Kier alpha value is -4.51. The molecule has 270 valence electrons. The topological polar surface area (TPSA) is 264 Å². The number of benzene rings is 1. The number of esters is 1. The second-order valence-corrected chi connectivity index (χ2v) is 16.7. The number of hydrogen-bond acceptors (Lipinski definition) is 17. The lowest BCUT2D eigenvalue weighted by Crippen LogP contribution is -2.71. The van der Waals surface area contributed by atoms with E-state index in [-0.39, 0.29) is 38.0 Å². The van der Waals surface area contributed by atoms with Crippen LogP contribution in [0, 0.1) is 0 Å². The molecule has 3 unspecified atom stereocenters. The van der Waals surface area contributed by atoms with Gasteiger partial charge in [0.25, 0.3) is 22.8 Å². The van der Waals surface area contributed by atoms with Gasteiger partial charge in [-0.3, -0.25) is 23.7 Å². The molecule has 2 aliphatic heterocycles. The standard InChI is InChI=1S/C29H28N6O11S5/c1-29(2,3)45-25(44)26(50-13-6-4-12(36)5-7-13)46-33-16(14-10-49-28(30)31-14)20(38)32-17-21(39)35-18(24(42)43)11(8-47-22(17)35)9-48-27-15(23(40)41)19(37)34-51-27/h4-7,10,17,22,26,36H,8-9H2,1-3H3,(H2,30,31)(H,32,38)(H,34,37)(H,40,41)(H,42,43)/b33-16-. The van der Waals surface area contributed by atoms with Gasteiger partial charge < -0.3 is 35.9 Å². The van der Waals surface area contributed by atoms with E-state index < -0.39 is 69.0 Å². The zero-order valence-electron chi connectivity index (χ0n) is 26.6. The zero-order chi connectivity index (χ0) is 37.2. The summed E-state index contributed by atoms with van der Waals surface area (Å²) in [4.78, 5) is 87.1. The quantitative estimate of drug-likeness (QED) is 0.0363. The Morgan fingerprint density at radius 1 is 1.18 bits per heavy atom. The molecule has 51 heavy (non-hydrogen) atoms. The number of β-lactam (4-membered cyclic amide) rings is 1. The van der Waals surface area contributed by atoms with Gasteiger partial charge in [-0.05, 0) is 50.6 Å². The number of H-pyrrole nitrogens is 1. The highest BCUT2D eigenvalue weighted by molar-refractivity contribution is 8.02. The molecule has 5 rings (SSSR count). The Morgan fingerprint density at radius 3 is 2.49 bits per heavy atom. The van der Waals surface area contributed by atoms with Gasteiger partial charge in [-0.1, -0.05) is 28.5 Å². The third-order valence-electron chi connectivity index (χ3n) is 6.69. The van der Waals surface area contributed by atoms with E-state index in [1.807, 2.05) is 0 Å². The number of carbonyl (C=O) groups is 5. The lowest BCUT2D eigenvalue weighted by molar-refractivity contribution is -0.162. The van der Waals surface area contributed by atoms with Gasteiger partial charge in [-0.15, -0.1) is 34.9 Å². The third kappa shape index (κ3) is 8.69. The number of phenolic OH excluding ortho intramolecular Hbond substituents is 1. The van der Waals surface area contributed by atoms with Gasteiger partial charge >= 0.3 is 17.9 Å². The van der Waals surface area contributed by atoms with Crippen LogP contribution in [-0.4, -0.2) is 99.0 Å². The third-order valence-corrected chi connectivity index (χ3v) is 12.0. The maximum Gasteiger partial charge on any atom is 0.361 e. The second kappa shape index (κ2) is 15.4. The first kappa shape index (κ1) is 37.7. The van der Waals surface area contributed by atoms with Crippen LogP contribution < -0.4 is 16.6 Å². The van der Waals surface area contributed by atoms with Crippen molar-refractivity contribution in [2.24, 2.45) is 5.16 Å². The summed E-state index contributed by atoms with van der Waals surface area (Å²) in [6.45, 7) is 4.97. The molecule has 2 aliphatic rings. The number of carboxylic acids is 2. The number of nitrogens with one attached hydrogen (secondary N) is 2. The number of nitrogens with two attached hydrogens (primary N) is 1. The Kier molecular flexibility index (Phi) is 11.4. The molecule has 17 nitrogen and oxygen atoms in total. The summed E-state index contributed by atoms with van der Waals surface area (Å²) < 4.78 is 7.97. The minimum atomic E-state index is -1.43. The monoisotopic (exact) mass is 796 g/mol. The predicted molar refractivity (Wildman–Crippen MR) is 190 cm³/mol. The van der Waals surface area contributed by atoms with E-state index in [4.69, 9.17) is 15.3 Å². The lowest BCUT2D eigenvalue weighted by atomic mass is 10.0. The summed E-state index contributed by atoms with van der Waals surface area (Å²) in [5.74, 6) is -5.20. The van der Waals surface area contributed by atoms with Gasteiger partial charge in [0, 0.05) is 21.8 Å². The first-order valence-corrected chi connectivity index (χ1v) is 19.1. The Morgan fingerprint density at radius 2 is 1.88 bits per heavy atom. The molecule has 22 heteroatoms. The molecule has 1 fully saturated rings. The fourth-order valence-corrected chi connectivity index (χ4v) is 9.31. The molecule has 2 aromatic heterocycles. The summed E-state index contributed by atoms with van der Waals surface area (Å²) in [5.41, 5.74) is 1.80. The van der Waals surface area contributed by atoms with Gasteiger partial charge in [0.2, 0.25) is 0 Å². The maximum absolute atomic E-state index is 13.7. The van der Waals surface area contributed by atoms with Gasteiger partial charge in [-0.2, -0.15) is 0 Å². The molecule has 1 saturated heterocycles. The number of nitrogens with zero attached hydrogens (tertiary/aromatic N) is 3. The molecule has 3 aromatic rings. The molecule has 0 bridgehead atoms. The number of fused-ring (bicyclic) bond motifs is 1. The van der Waals surface area contributed by atoms with Crippen molar-refractivity contribution in [3.8, 4) is 5.75 Å². The van der Waals surface area contributed by atoms with E-state index in [9.17, 15) is 44.1 Å². The Labute approximate surface area is 308 Å². The fourth-order valence-electron chi connectivity index (χ4n) is 4.54. The molecule has 3 atom stereocenters. The molecular formula is C29H28N6O11S5. The number of aromatic nitrogens is 2. The molecule has 0 spiro atoms. The molecule has 0 saturated carbocycles. The number of carboxylic acid groups (broad SMARTS) is 2. The van der Waals surface area contributed by atoms with Crippen LogP contribution in [0.15, 0.2) is 60.0 Å². The number of phenols is 1. The van der Waals surface area contributed by atoms with Crippen molar-refractivity contribution in [3.63, 3.8) is 0 Å². The maximum atomic E-state index is 13.7. The van der Waals surface area contributed by atoms with Crippen LogP contribution in [0.4, 0.5) is 5.13 Å². The van der Waals surface area contributed by atoms with Crippen LogP contribution in [0.5, 0.6) is 5.75 Å². The van der Waals surface area contributed by atoms with Crippen LogP contribution in [0.25, 0.3) is 0 Å². The van der Waals surface area contributed by atoms with Crippen LogP contribution in [0.1, 0.15) is 36.8 Å². The van der Waals surface area contributed by atoms with Crippen LogP contribution in [-0.2, 0) is 28.8 Å². The highest BCUT2D eigenvalue weighted by atomic mass is 32.2. The first-order chi connectivity index (χ1) is 24.0. The number of aromatic amines is 1. The number of ether oxygens (including phenoxy) is 1. The molecule has 0 radical (unpaired) electrons. The number of oxime groups is 1. The summed E-state index contributed by atoms with van der Waals surface area (Å²) in [6, 6.07) is 4.70. The number of thioether (sulfide) groups is 3. The fraction of sp³-hybridized carbons (Fsp3) is 0.310.